The van der Waals surface area contributed by atoms with Gasteiger partial charge in [0, 0.05) is 38.5 Å². The van der Waals surface area contributed by atoms with Gasteiger partial charge in [0.1, 0.15) is 0 Å². The van der Waals surface area contributed by atoms with Gasteiger partial charge in [0.15, 0.2) is 0 Å². The Kier molecular flexibility index (Phi) is 4.98. The van der Waals surface area contributed by atoms with Crippen LogP contribution in [0.5, 0.6) is 0 Å². The number of carbonyl (C=O) groups excluding carboxylic acids is 3. The highest BCUT2D eigenvalue weighted by Crippen LogP contribution is 2.21. The molecule has 6 heteroatoms. The fraction of sp³-hybridized carbons (Fsp3) is 0.786. The molecule has 2 N–H and O–H groups in total. The molecule has 0 bridgehead atoms. The number of piperidine rings is 2. The average Bonchev–Trinajstić information content (AvgIpc) is 2.48. The summed E-state index contributed by atoms with van der Waals surface area (Å²) >= 11 is 0. The summed E-state index contributed by atoms with van der Waals surface area (Å²) in [5.41, 5.74) is 0. The molecule has 1 atom stereocenters. The summed E-state index contributed by atoms with van der Waals surface area (Å²) in [4.78, 5) is 37.0. The third-order valence-electron chi connectivity index (χ3n) is 4.14. The number of likely N-dealkylation sites (tertiary alicyclic amines) is 1. The van der Waals surface area contributed by atoms with Crippen LogP contribution in [0.1, 0.15) is 32.6 Å². The number of hydrogen-bond acceptors (Lipinski definition) is 3. The highest BCUT2D eigenvalue weighted by Gasteiger charge is 2.32. The van der Waals surface area contributed by atoms with Gasteiger partial charge < -0.3 is 15.5 Å². The van der Waals surface area contributed by atoms with Crippen LogP contribution < -0.4 is 10.6 Å². The van der Waals surface area contributed by atoms with Crippen molar-refractivity contribution in [3.63, 3.8) is 0 Å². The van der Waals surface area contributed by atoms with E-state index in [0.717, 1.165) is 12.8 Å². The summed E-state index contributed by atoms with van der Waals surface area (Å²) in [6, 6.07) is 0. The maximum absolute atomic E-state index is 12.3. The zero-order valence-electron chi connectivity index (χ0n) is 12.0. The van der Waals surface area contributed by atoms with Crippen LogP contribution in [0.25, 0.3) is 0 Å². The lowest BCUT2D eigenvalue weighted by atomic mass is 9.93. The summed E-state index contributed by atoms with van der Waals surface area (Å²) in [5, 5.41) is 5.58. The molecule has 1 unspecified atom stereocenters. The molecular formula is C14H23N3O3. The van der Waals surface area contributed by atoms with Crippen LogP contribution in [0.3, 0.4) is 0 Å². The summed E-state index contributed by atoms with van der Waals surface area (Å²) in [6.07, 6.45) is 2.54. The number of hydrogen-bond donors (Lipinski definition) is 2. The second-order valence-corrected chi connectivity index (χ2v) is 5.53. The van der Waals surface area contributed by atoms with Gasteiger partial charge in [-0.15, -0.1) is 0 Å². The van der Waals surface area contributed by atoms with E-state index in [1.807, 2.05) is 11.8 Å². The minimum atomic E-state index is -0.0891. The molecule has 0 aliphatic carbocycles. The molecule has 2 saturated heterocycles. The molecule has 0 aromatic heterocycles. The third-order valence-corrected chi connectivity index (χ3v) is 4.14. The van der Waals surface area contributed by atoms with Crippen molar-refractivity contribution >= 4 is 17.7 Å². The first-order valence-corrected chi connectivity index (χ1v) is 7.45. The molecule has 112 valence electrons. The summed E-state index contributed by atoms with van der Waals surface area (Å²) in [7, 11) is 0. The Bertz CT molecular complexity index is 379. The van der Waals surface area contributed by atoms with E-state index in [1.54, 1.807) is 0 Å². The predicted octanol–water partition coefficient (Wildman–Crippen LogP) is -0.113. The van der Waals surface area contributed by atoms with Crippen molar-refractivity contribution in [3.05, 3.63) is 0 Å². The molecule has 2 fully saturated rings. The summed E-state index contributed by atoms with van der Waals surface area (Å²) < 4.78 is 0. The number of rotatable bonds is 3. The zero-order valence-corrected chi connectivity index (χ0v) is 12.0. The average molecular weight is 281 g/mol. The Balaban J connectivity index is 1.80. The Morgan fingerprint density at radius 1 is 1.25 bits per heavy atom. The molecule has 0 spiro atoms. The molecule has 2 aliphatic heterocycles. The normalized spacial score (nSPS) is 24.1. The van der Waals surface area contributed by atoms with E-state index in [9.17, 15) is 14.4 Å². The maximum Gasteiger partial charge on any atom is 0.227 e. The topological polar surface area (TPSA) is 78.5 Å². The second kappa shape index (κ2) is 6.72. The molecule has 0 radical (unpaired) electrons. The van der Waals surface area contributed by atoms with Crippen molar-refractivity contribution in [1.29, 1.82) is 0 Å². The molecule has 0 saturated carbocycles. The fourth-order valence-electron chi connectivity index (χ4n) is 2.88. The van der Waals surface area contributed by atoms with Gasteiger partial charge in [-0.25, -0.2) is 0 Å². The highest BCUT2D eigenvalue weighted by atomic mass is 16.2. The van der Waals surface area contributed by atoms with Crippen molar-refractivity contribution in [3.8, 4) is 0 Å². The van der Waals surface area contributed by atoms with Gasteiger partial charge >= 0.3 is 0 Å². The first-order chi connectivity index (χ1) is 9.61. The number of carbonyl (C=O) groups is 3. The molecule has 6 nitrogen and oxygen atoms in total. The van der Waals surface area contributed by atoms with Gasteiger partial charge in [-0.05, 0) is 26.2 Å². The minimum Gasteiger partial charge on any atom is -0.356 e. The van der Waals surface area contributed by atoms with E-state index in [2.05, 4.69) is 10.6 Å². The van der Waals surface area contributed by atoms with Crippen molar-refractivity contribution in [2.75, 3.05) is 26.2 Å². The lowest BCUT2D eigenvalue weighted by Gasteiger charge is -2.34. The highest BCUT2D eigenvalue weighted by molar-refractivity contribution is 5.84. The van der Waals surface area contributed by atoms with E-state index < -0.39 is 0 Å². The molecule has 2 heterocycles. The van der Waals surface area contributed by atoms with Crippen LogP contribution in [0.4, 0.5) is 0 Å². The Morgan fingerprint density at radius 3 is 2.50 bits per heavy atom. The molecule has 3 amide bonds. The van der Waals surface area contributed by atoms with Gasteiger partial charge in [0.05, 0.1) is 5.92 Å². The zero-order chi connectivity index (χ0) is 14.5. The van der Waals surface area contributed by atoms with Gasteiger partial charge in [0.2, 0.25) is 17.7 Å². The van der Waals surface area contributed by atoms with E-state index >= 15 is 0 Å². The van der Waals surface area contributed by atoms with Crippen LogP contribution in [-0.4, -0.2) is 48.8 Å². The number of amides is 3. The van der Waals surface area contributed by atoms with Crippen LogP contribution >= 0.6 is 0 Å². The van der Waals surface area contributed by atoms with Gasteiger partial charge in [-0.1, -0.05) is 0 Å². The lowest BCUT2D eigenvalue weighted by Crippen LogP contribution is -2.48. The summed E-state index contributed by atoms with van der Waals surface area (Å²) in [6.45, 7) is 4.30. The third kappa shape index (κ3) is 3.49. The molecule has 2 rings (SSSR count). The standard InChI is InChI=1S/C14H23N3O3/c1-2-15-13(19)10-5-7-17(8-6-10)14(20)11-3-4-12(18)16-9-11/h10-11H,2-9H2,1H3,(H,15,19)(H,16,18). The lowest BCUT2D eigenvalue weighted by molar-refractivity contribution is -0.140. The first-order valence-electron chi connectivity index (χ1n) is 7.45. The van der Waals surface area contributed by atoms with Gasteiger partial charge in [0.25, 0.3) is 0 Å². The first kappa shape index (κ1) is 14.8. The Morgan fingerprint density at radius 2 is 1.95 bits per heavy atom. The predicted molar refractivity (Wildman–Crippen MR) is 73.7 cm³/mol. The van der Waals surface area contributed by atoms with Crippen LogP contribution in [-0.2, 0) is 14.4 Å². The van der Waals surface area contributed by atoms with E-state index in [1.165, 1.54) is 0 Å². The molecule has 0 aromatic carbocycles. The largest absolute Gasteiger partial charge is 0.356 e. The smallest absolute Gasteiger partial charge is 0.227 e. The molecule has 20 heavy (non-hydrogen) atoms. The monoisotopic (exact) mass is 281 g/mol. The SMILES string of the molecule is CCNC(=O)C1CCN(C(=O)C2CCC(=O)NC2)CC1. The molecule has 0 aromatic rings. The number of nitrogens with one attached hydrogen (secondary N) is 2. The van der Waals surface area contributed by atoms with Gasteiger partial charge in [-0.2, -0.15) is 0 Å². The van der Waals surface area contributed by atoms with Crippen molar-refractivity contribution < 1.29 is 14.4 Å². The maximum atomic E-state index is 12.3. The van der Waals surface area contributed by atoms with Crippen LogP contribution in [0.15, 0.2) is 0 Å². The minimum absolute atomic E-state index is 0.0315. The van der Waals surface area contributed by atoms with Crippen LogP contribution in [0.2, 0.25) is 0 Å². The molecule has 2 aliphatic rings. The van der Waals surface area contributed by atoms with Gasteiger partial charge in [-0.3, -0.25) is 14.4 Å². The summed E-state index contributed by atoms with van der Waals surface area (Å²) in [5.74, 6) is 0.201. The Hall–Kier alpha value is -1.59. The molecular weight excluding hydrogens is 258 g/mol. The quantitative estimate of drug-likeness (QED) is 0.757. The Labute approximate surface area is 119 Å². The van der Waals surface area contributed by atoms with Crippen molar-refractivity contribution in [2.45, 2.75) is 32.6 Å². The second-order valence-electron chi connectivity index (χ2n) is 5.53. The van der Waals surface area contributed by atoms with Crippen molar-refractivity contribution in [1.82, 2.24) is 15.5 Å². The van der Waals surface area contributed by atoms with Crippen LogP contribution in [0, 0.1) is 11.8 Å². The van der Waals surface area contributed by atoms with E-state index in [4.69, 9.17) is 0 Å². The van der Waals surface area contributed by atoms with E-state index in [0.29, 0.717) is 39.0 Å². The fourth-order valence-corrected chi connectivity index (χ4v) is 2.88. The number of nitrogens with zero attached hydrogens (tertiary/aromatic N) is 1. The van der Waals surface area contributed by atoms with E-state index in [-0.39, 0.29) is 29.6 Å². The van der Waals surface area contributed by atoms with Crippen molar-refractivity contribution in [2.24, 2.45) is 11.8 Å².